The van der Waals surface area contributed by atoms with E-state index in [4.69, 9.17) is 5.73 Å². The van der Waals surface area contributed by atoms with Crippen LogP contribution in [0, 0.1) is 6.92 Å². The fourth-order valence-electron chi connectivity index (χ4n) is 0.876. The number of nitrogens with one attached hydrogen (secondary N) is 1. The minimum atomic E-state index is 0.287. The first-order valence-corrected chi connectivity index (χ1v) is 3.90. The number of hydrogen-bond donors (Lipinski definition) is 2. The molecule has 1 aromatic rings. The lowest BCUT2D eigenvalue weighted by molar-refractivity contribution is 0.682. The quantitative estimate of drug-likeness (QED) is 0.656. The van der Waals surface area contributed by atoms with E-state index in [-0.39, 0.29) is 5.95 Å². The first-order valence-electron chi connectivity index (χ1n) is 3.90. The maximum absolute atomic E-state index is 5.44. The van der Waals surface area contributed by atoms with Crippen LogP contribution in [-0.2, 0) is 6.54 Å². The van der Waals surface area contributed by atoms with Gasteiger partial charge in [0, 0.05) is 0 Å². The maximum Gasteiger partial charge on any atom is 0.223 e. The Balaban J connectivity index is 2.72. The molecule has 3 N–H and O–H groups in total. The van der Waals surface area contributed by atoms with Gasteiger partial charge in [0.05, 0.1) is 6.54 Å². The molecule has 0 aromatic carbocycles. The van der Waals surface area contributed by atoms with Crippen LogP contribution in [0.3, 0.4) is 0 Å². The molecule has 0 aliphatic rings. The smallest absolute Gasteiger partial charge is 0.223 e. The Labute approximate surface area is 71.4 Å². The zero-order chi connectivity index (χ0) is 8.97. The number of aromatic nitrogens is 3. The molecule has 1 rings (SSSR count). The monoisotopic (exact) mass is 167 g/mol. The predicted molar refractivity (Wildman–Crippen MR) is 46.4 cm³/mol. The van der Waals surface area contributed by atoms with Crippen molar-refractivity contribution in [2.75, 3.05) is 12.3 Å². The van der Waals surface area contributed by atoms with Gasteiger partial charge in [-0.2, -0.15) is 9.97 Å². The van der Waals surface area contributed by atoms with Crippen LogP contribution in [0.25, 0.3) is 0 Å². The highest BCUT2D eigenvalue weighted by atomic mass is 15.1. The second-order valence-corrected chi connectivity index (χ2v) is 2.44. The third kappa shape index (κ3) is 2.43. The molecule has 5 heteroatoms. The minimum Gasteiger partial charge on any atom is -0.368 e. The molecule has 5 nitrogen and oxygen atoms in total. The minimum absolute atomic E-state index is 0.287. The molecule has 0 saturated heterocycles. The van der Waals surface area contributed by atoms with E-state index in [1.54, 1.807) is 6.92 Å². The van der Waals surface area contributed by atoms with Gasteiger partial charge in [-0.05, 0) is 13.5 Å². The molecule has 0 fully saturated rings. The van der Waals surface area contributed by atoms with Gasteiger partial charge in [0.15, 0.2) is 0 Å². The van der Waals surface area contributed by atoms with E-state index in [0.717, 1.165) is 6.54 Å². The fraction of sp³-hybridized carbons (Fsp3) is 0.571. The molecule has 0 aliphatic heterocycles. The zero-order valence-corrected chi connectivity index (χ0v) is 7.33. The van der Waals surface area contributed by atoms with Crippen molar-refractivity contribution in [3.05, 3.63) is 11.6 Å². The lowest BCUT2D eigenvalue weighted by Crippen LogP contribution is -2.16. The van der Waals surface area contributed by atoms with E-state index < -0.39 is 0 Å². The first kappa shape index (κ1) is 8.86. The molecule has 0 saturated carbocycles. The van der Waals surface area contributed by atoms with Gasteiger partial charge in [0.1, 0.15) is 11.6 Å². The molecule has 12 heavy (non-hydrogen) atoms. The van der Waals surface area contributed by atoms with E-state index in [9.17, 15) is 0 Å². The maximum atomic E-state index is 5.44. The average molecular weight is 167 g/mol. The highest BCUT2D eigenvalue weighted by Crippen LogP contribution is 1.95. The number of rotatable bonds is 3. The van der Waals surface area contributed by atoms with Crippen molar-refractivity contribution in [3.8, 4) is 0 Å². The van der Waals surface area contributed by atoms with Crippen molar-refractivity contribution >= 4 is 5.95 Å². The summed E-state index contributed by atoms with van der Waals surface area (Å²) in [5.41, 5.74) is 5.44. The van der Waals surface area contributed by atoms with Gasteiger partial charge < -0.3 is 11.1 Å². The number of nitrogens with zero attached hydrogens (tertiary/aromatic N) is 3. The predicted octanol–water partition coefficient (Wildman–Crippen LogP) is -0.128. The van der Waals surface area contributed by atoms with E-state index in [1.807, 2.05) is 6.92 Å². The summed E-state index contributed by atoms with van der Waals surface area (Å²) in [7, 11) is 0. The second-order valence-electron chi connectivity index (χ2n) is 2.44. The molecule has 1 heterocycles. The van der Waals surface area contributed by atoms with Crippen LogP contribution in [0.2, 0.25) is 0 Å². The van der Waals surface area contributed by atoms with Crippen LogP contribution in [0.1, 0.15) is 18.6 Å². The van der Waals surface area contributed by atoms with E-state index in [1.165, 1.54) is 0 Å². The van der Waals surface area contributed by atoms with Crippen molar-refractivity contribution in [1.29, 1.82) is 0 Å². The summed E-state index contributed by atoms with van der Waals surface area (Å²) in [5, 5.41) is 3.11. The third-order valence-electron chi connectivity index (χ3n) is 1.34. The van der Waals surface area contributed by atoms with Gasteiger partial charge in [-0.25, -0.2) is 4.98 Å². The van der Waals surface area contributed by atoms with Gasteiger partial charge >= 0.3 is 0 Å². The summed E-state index contributed by atoms with van der Waals surface area (Å²) >= 11 is 0. The SMILES string of the molecule is CCNCc1nc(C)nc(N)n1. The van der Waals surface area contributed by atoms with Gasteiger partial charge in [-0.3, -0.25) is 0 Å². The normalized spacial score (nSPS) is 10.2. The van der Waals surface area contributed by atoms with Gasteiger partial charge in [-0.1, -0.05) is 6.92 Å². The van der Waals surface area contributed by atoms with E-state index >= 15 is 0 Å². The number of aryl methyl sites for hydroxylation is 1. The Morgan fingerprint density at radius 3 is 2.67 bits per heavy atom. The Morgan fingerprint density at radius 1 is 1.33 bits per heavy atom. The van der Waals surface area contributed by atoms with Crippen molar-refractivity contribution in [1.82, 2.24) is 20.3 Å². The van der Waals surface area contributed by atoms with E-state index in [0.29, 0.717) is 18.2 Å². The number of nitrogen functional groups attached to an aromatic ring is 1. The molecule has 0 radical (unpaired) electrons. The third-order valence-corrected chi connectivity index (χ3v) is 1.34. The van der Waals surface area contributed by atoms with Crippen molar-refractivity contribution in [2.45, 2.75) is 20.4 Å². The zero-order valence-electron chi connectivity index (χ0n) is 7.33. The Hall–Kier alpha value is -1.23. The molecule has 0 aliphatic carbocycles. The lowest BCUT2D eigenvalue weighted by Gasteiger charge is -2.01. The Kier molecular flexibility index (Phi) is 2.93. The summed E-state index contributed by atoms with van der Waals surface area (Å²) in [5.74, 6) is 1.65. The average Bonchev–Trinajstić information content (AvgIpc) is 1.99. The molecule has 0 amide bonds. The summed E-state index contributed by atoms with van der Waals surface area (Å²) in [6.45, 7) is 5.36. The molecule has 0 spiro atoms. The first-order chi connectivity index (χ1) is 5.72. The van der Waals surface area contributed by atoms with Crippen LogP contribution >= 0.6 is 0 Å². The Morgan fingerprint density at radius 2 is 2.08 bits per heavy atom. The second kappa shape index (κ2) is 3.96. The van der Waals surface area contributed by atoms with Crippen LogP contribution in [0.4, 0.5) is 5.95 Å². The Bertz CT molecular complexity index is 240. The number of anilines is 1. The van der Waals surface area contributed by atoms with Crippen molar-refractivity contribution < 1.29 is 0 Å². The molecule has 0 unspecified atom stereocenters. The molecule has 1 aromatic heterocycles. The summed E-state index contributed by atoms with van der Waals surface area (Å²) in [6.07, 6.45) is 0. The fourth-order valence-corrected chi connectivity index (χ4v) is 0.876. The number of nitrogens with two attached hydrogens (primary N) is 1. The van der Waals surface area contributed by atoms with Crippen LogP contribution in [-0.4, -0.2) is 21.5 Å². The van der Waals surface area contributed by atoms with Crippen LogP contribution in [0.5, 0.6) is 0 Å². The largest absolute Gasteiger partial charge is 0.368 e. The topological polar surface area (TPSA) is 76.7 Å². The van der Waals surface area contributed by atoms with Gasteiger partial charge in [0.2, 0.25) is 5.95 Å². The molecule has 0 atom stereocenters. The molecular formula is C7H13N5. The molecule has 66 valence electrons. The van der Waals surface area contributed by atoms with E-state index in [2.05, 4.69) is 20.3 Å². The van der Waals surface area contributed by atoms with Crippen LogP contribution in [0.15, 0.2) is 0 Å². The highest BCUT2D eigenvalue weighted by Gasteiger charge is 1.98. The van der Waals surface area contributed by atoms with Crippen molar-refractivity contribution in [3.63, 3.8) is 0 Å². The molecule has 0 bridgehead atoms. The number of hydrogen-bond acceptors (Lipinski definition) is 5. The molecular weight excluding hydrogens is 154 g/mol. The summed E-state index contributed by atoms with van der Waals surface area (Å²) in [6, 6.07) is 0. The van der Waals surface area contributed by atoms with Crippen molar-refractivity contribution in [2.24, 2.45) is 0 Å². The van der Waals surface area contributed by atoms with Gasteiger partial charge in [0.25, 0.3) is 0 Å². The standard InChI is InChI=1S/C7H13N5/c1-3-9-4-6-10-5(2)11-7(8)12-6/h9H,3-4H2,1-2H3,(H2,8,10,11,12). The lowest BCUT2D eigenvalue weighted by atomic mass is 10.5. The highest BCUT2D eigenvalue weighted by molar-refractivity contribution is 5.15. The van der Waals surface area contributed by atoms with Gasteiger partial charge in [-0.15, -0.1) is 0 Å². The van der Waals surface area contributed by atoms with Crippen LogP contribution < -0.4 is 11.1 Å². The summed E-state index contributed by atoms with van der Waals surface area (Å²) < 4.78 is 0. The summed E-state index contributed by atoms with van der Waals surface area (Å²) in [4.78, 5) is 11.9.